The van der Waals surface area contributed by atoms with Crippen LogP contribution in [0, 0.1) is 21.8 Å². The van der Waals surface area contributed by atoms with Crippen molar-refractivity contribution in [2.45, 2.75) is 6.42 Å². The van der Waals surface area contributed by atoms with E-state index in [0.29, 0.717) is 19.5 Å². The second kappa shape index (κ2) is 5.94. The standard InChI is InChI=1S/C13H15FN2O5/c1-20-12-6-10(11(16(18)19)5-9(12)14)15-4-3-8(7-15)13(17)21-2/h5-6,8H,3-4,7H2,1-2H3. The van der Waals surface area contributed by atoms with Gasteiger partial charge in [-0.2, -0.15) is 0 Å². The van der Waals surface area contributed by atoms with Gasteiger partial charge in [-0.25, -0.2) is 4.39 Å². The summed E-state index contributed by atoms with van der Waals surface area (Å²) in [4.78, 5) is 23.6. The molecule has 1 aliphatic heterocycles. The zero-order chi connectivity index (χ0) is 15.6. The minimum absolute atomic E-state index is 0.0721. The minimum atomic E-state index is -0.795. The van der Waals surface area contributed by atoms with Gasteiger partial charge in [0, 0.05) is 19.2 Å². The molecule has 0 N–H and O–H groups in total. The molecular weight excluding hydrogens is 283 g/mol. The van der Waals surface area contributed by atoms with Gasteiger partial charge in [-0.05, 0) is 6.42 Å². The smallest absolute Gasteiger partial charge is 0.310 e. The van der Waals surface area contributed by atoms with Crippen molar-refractivity contribution in [3.8, 4) is 5.75 Å². The van der Waals surface area contributed by atoms with Crippen LogP contribution in [0.5, 0.6) is 5.75 Å². The van der Waals surface area contributed by atoms with E-state index >= 15 is 0 Å². The van der Waals surface area contributed by atoms with Crippen LogP contribution in [0.1, 0.15) is 6.42 Å². The van der Waals surface area contributed by atoms with Crippen molar-refractivity contribution in [1.29, 1.82) is 0 Å². The van der Waals surface area contributed by atoms with Crippen LogP contribution < -0.4 is 9.64 Å². The number of hydrogen-bond acceptors (Lipinski definition) is 6. The fraction of sp³-hybridized carbons (Fsp3) is 0.462. The van der Waals surface area contributed by atoms with Crippen LogP contribution in [0.4, 0.5) is 15.8 Å². The zero-order valence-electron chi connectivity index (χ0n) is 11.7. The number of esters is 1. The van der Waals surface area contributed by atoms with Gasteiger partial charge in [-0.1, -0.05) is 0 Å². The molecular formula is C13H15FN2O5. The number of carbonyl (C=O) groups excluding carboxylic acids is 1. The van der Waals surface area contributed by atoms with Crippen molar-refractivity contribution in [3.05, 3.63) is 28.1 Å². The Kier molecular flexibility index (Phi) is 4.25. The number of nitro benzene ring substituents is 1. The second-order valence-electron chi connectivity index (χ2n) is 4.69. The summed E-state index contributed by atoms with van der Waals surface area (Å²) in [7, 11) is 2.59. The summed E-state index contributed by atoms with van der Waals surface area (Å²) in [5, 5.41) is 11.1. The average molecular weight is 298 g/mol. The third-order valence-electron chi connectivity index (χ3n) is 3.51. The first-order valence-electron chi connectivity index (χ1n) is 6.32. The van der Waals surface area contributed by atoms with E-state index in [-0.39, 0.29) is 29.0 Å². The maximum Gasteiger partial charge on any atom is 0.310 e. The van der Waals surface area contributed by atoms with Crippen LogP contribution >= 0.6 is 0 Å². The summed E-state index contributed by atoms with van der Waals surface area (Å²) in [5.41, 5.74) is -0.108. The molecule has 0 saturated carbocycles. The van der Waals surface area contributed by atoms with Crippen molar-refractivity contribution in [2.24, 2.45) is 5.92 Å². The molecule has 0 spiro atoms. The number of nitro groups is 1. The maximum absolute atomic E-state index is 13.6. The molecule has 7 nitrogen and oxygen atoms in total. The number of nitrogens with zero attached hydrogens (tertiary/aromatic N) is 2. The lowest BCUT2D eigenvalue weighted by Gasteiger charge is -2.19. The average Bonchev–Trinajstić information content (AvgIpc) is 2.95. The van der Waals surface area contributed by atoms with E-state index in [9.17, 15) is 19.3 Å². The molecule has 0 amide bonds. The van der Waals surface area contributed by atoms with Crippen molar-refractivity contribution >= 4 is 17.3 Å². The molecule has 8 heteroatoms. The number of ether oxygens (including phenoxy) is 2. The predicted molar refractivity (Wildman–Crippen MR) is 71.9 cm³/mol. The Bertz CT molecular complexity index is 578. The van der Waals surface area contributed by atoms with E-state index in [0.717, 1.165) is 6.07 Å². The molecule has 1 aromatic rings. The van der Waals surface area contributed by atoms with Crippen LogP contribution in [0.3, 0.4) is 0 Å². The highest BCUT2D eigenvalue weighted by Gasteiger charge is 2.33. The summed E-state index contributed by atoms with van der Waals surface area (Å²) >= 11 is 0. The molecule has 2 rings (SSSR count). The van der Waals surface area contributed by atoms with Gasteiger partial charge in [0.05, 0.1) is 31.1 Å². The third kappa shape index (κ3) is 2.88. The van der Waals surface area contributed by atoms with Gasteiger partial charge in [0.15, 0.2) is 11.6 Å². The lowest BCUT2D eigenvalue weighted by molar-refractivity contribution is -0.384. The van der Waals surface area contributed by atoms with Crippen molar-refractivity contribution in [2.75, 3.05) is 32.2 Å². The molecule has 21 heavy (non-hydrogen) atoms. The highest BCUT2D eigenvalue weighted by molar-refractivity contribution is 5.75. The normalized spacial score (nSPS) is 17.7. The van der Waals surface area contributed by atoms with Crippen LogP contribution in [-0.2, 0) is 9.53 Å². The summed E-state index contributed by atoms with van der Waals surface area (Å²) in [6.07, 6.45) is 0.531. The Morgan fingerprint density at radius 3 is 2.76 bits per heavy atom. The Morgan fingerprint density at radius 1 is 1.48 bits per heavy atom. The lowest BCUT2D eigenvalue weighted by atomic mass is 10.1. The highest BCUT2D eigenvalue weighted by atomic mass is 19.1. The first-order valence-corrected chi connectivity index (χ1v) is 6.32. The molecule has 0 bridgehead atoms. The molecule has 1 heterocycles. The van der Waals surface area contributed by atoms with E-state index in [1.165, 1.54) is 20.3 Å². The molecule has 1 aromatic carbocycles. The highest BCUT2D eigenvalue weighted by Crippen LogP contribution is 2.37. The molecule has 114 valence electrons. The molecule has 0 aromatic heterocycles. The second-order valence-corrected chi connectivity index (χ2v) is 4.69. The SMILES string of the molecule is COC(=O)C1CCN(c2cc(OC)c(F)cc2[N+](=O)[O-])C1. The molecule has 0 aliphatic carbocycles. The quantitative estimate of drug-likeness (QED) is 0.478. The van der Waals surface area contributed by atoms with Crippen molar-refractivity contribution < 1.29 is 23.6 Å². The van der Waals surface area contributed by atoms with Gasteiger partial charge in [0.1, 0.15) is 5.69 Å². The van der Waals surface area contributed by atoms with Gasteiger partial charge >= 0.3 is 5.97 Å². The Hall–Kier alpha value is -2.38. The summed E-state index contributed by atoms with van der Waals surface area (Å²) in [6, 6.07) is 2.12. The number of methoxy groups -OCH3 is 2. The van der Waals surface area contributed by atoms with Crippen molar-refractivity contribution in [1.82, 2.24) is 0 Å². The maximum atomic E-state index is 13.6. The van der Waals surface area contributed by atoms with E-state index in [1.54, 1.807) is 4.90 Å². The number of hydrogen-bond donors (Lipinski definition) is 0. The monoisotopic (exact) mass is 298 g/mol. The first-order chi connectivity index (χ1) is 9.97. The van der Waals surface area contributed by atoms with E-state index in [1.807, 2.05) is 0 Å². The zero-order valence-corrected chi connectivity index (χ0v) is 11.7. The topological polar surface area (TPSA) is 81.9 Å². The van der Waals surface area contributed by atoms with Gasteiger partial charge in [-0.15, -0.1) is 0 Å². The number of benzene rings is 1. The van der Waals surface area contributed by atoms with E-state index < -0.39 is 10.7 Å². The molecule has 1 saturated heterocycles. The first kappa shape index (κ1) is 15.0. The predicted octanol–water partition coefficient (Wildman–Crippen LogP) is 1.74. The minimum Gasteiger partial charge on any atom is -0.494 e. The summed E-state index contributed by atoms with van der Waals surface area (Å²) < 4.78 is 23.2. The largest absolute Gasteiger partial charge is 0.494 e. The Morgan fingerprint density at radius 2 is 2.19 bits per heavy atom. The van der Waals surface area contributed by atoms with Gasteiger partial charge < -0.3 is 14.4 Å². The third-order valence-corrected chi connectivity index (χ3v) is 3.51. The fourth-order valence-electron chi connectivity index (χ4n) is 2.43. The number of rotatable bonds is 4. The van der Waals surface area contributed by atoms with Crippen molar-refractivity contribution in [3.63, 3.8) is 0 Å². The fourth-order valence-corrected chi connectivity index (χ4v) is 2.43. The van der Waals surface area contributed by atoms with E-state index in [2.05, 4.69) is 4.74 Å². The Labute approximate surface area is 120 Å². The van der Waals surface area contributed by atoms with Crippen LogP contribution in [-0.4, -0.2) is 38.2 Å². The van der Waals surface area contributed by atoms with Gasteiger partial charge in [0.2, 0.25) is 0 Å². The van der Waals surface area contributed by atoms with Crippen LogP contribution in [0.25, 0.3) is 0 Å². The number of halogens is 1. The summed E-state index contributed by atoms with van der Waals surface area (Å²) in [5.74, 6) is -1.56. The molecule has 1 fully saturated rings. The summed E-state index contributed by atoms with van der Waals surface area (Å²) in [6.45, 7) is 0.748. The lowest BCUT2D eigenvalue weighted by Crippen LogP contribution is -2.24. The molecule has 1 aliphatic rings. The van der Waals surface area contributed by atoms with E-state index in [4.69, 9.17) is 4.74 Å². The van der Waals surface area contributed by atoms with Crippen LogP contribution in [0.15, 0.2) is 12.1 Å². The molecule has 1 unspecified atom stereocenters. The van der Waals surface area contributed by atoms with Gasteiger partial charge in [-0.3, -0.25) is 14.9 Å². The number of carbonyl (C=O) groups is 1. The number of anilines is 1. The Balaban J connectivity index is 2.35. The van der Waals surface area contributed by atoms with Gasteiger partial charge in [0.25, 0.3) is 5.69 Å². The van der Waals surface area contributed by atoms with Crippen LogP contribution in [0.2, 0.25) is 0 Å². The molecule has 0 radical (unpaired) electrons. The molecule has 1 atom stereocenters.